The summed E-state index contributed by atoms with van der Waals surface area (Å²) in [5.41, 5.74) is 0.149. The molecule has 0 radical (unpaired) electrons. The van der Waals surface area contributed by atoms with Crippen molar-refractivity contribution < 1.29 is 22.7 Å². The molecule has 0 fully saturated rings. The van der Waals surface area contributed by atoms with Crippen LogP contribution in [0.5, 0.6) is 0 Å². The third-order valence-electron chi connectivity index (χ3n) is 3.28. The van der Waals surface area contributed by atoms with E-state index in [2.05, 4.69) is 5.32 Å². The van der Waals surface area contributed by atoms with E-state index in [-0.39, 0.29) is 35.4 Å². The van der Waals surface area contributed by atoms with E-state index in [1.54, 1.807) is 19.1 Å². The Hall–Kier alpha value is -1.93. The van der Waals surface area contributed by atoms with E-state index in [9.17, 15) is 18.0 Å². The van der Waals surface area contributed by atoms with Crippen LogP contribution in [0.4, 0.5) is 0 Å². The fraction of sp³-hybridized carbons (Fsp3) is 0.429. The Labute approximate surface area is 129 Å². The molecule has 0 saturated heterocycles. The van der Waals surface area contributed by atoms with Crippen molar-refractivity contribution in [3.63, 3.8) is 0 Å². The Morgan fingerprint density at radius 1 is 1.36 bits per heavy atom. The standard InChI is InChI=1S/C14H18N2O5S/c1-10(9-21-2)15-13(17)7-8-16-14(18)11-5-3-4-6-12(11)22(16,19)20/h3-6,10H,7-9H2,1-2H3,(H,15,17)/t10-/m0/s1. The molecule has 0 unspecified atom stereocenters. The molecule has 0 bridgehead atoms. The maximum absolute atomic E-state index is 12.3. The van der Waals surface area contributed by atoms with Crippen molar-refractivity contribution in [3.05, 3.63) is 29.8 Å². The van der Waals surface area contributed by atoms with Crippen LogP contribution in [-0.4, -0.2) is 50.8 Å². The number of ether oxygens (including phenoxy) is 1. The number of benzene rings is 1. The number of nitrogens with one attached hydrogen (secondary N) is 1. The third-order valence-corrected chi connectivity index (χ3v) is 5.12. The van der Waals surface area contributed by atoms with Crippen molar-refractivity contribution >= 4 is 21.8 Å². The summed E-state index contributed by atoms with van der Waals surface area (Å²) < 4.78 is 30.2. The Balaban J connectivity index is 2.03. The molecule has 1 aromatic rings. The minimum Gasteiger partial charge on any atom is -0.383 e. The monoisotopic (exact) mass is 326 g/mol. The zero-order chi connectivity index (χ0) is 16.3. The van der Waals surface area contributed by atoms with Crippen molar-refractivity contribution in [2.24, 2.45) is 0 Å². The number of nitrogens with zero attached hydrogens (tertiary/aromatic N) is 1. The number of fused-ring (bicyclic) bond motifs is 1. The lowest BCUT2D eigenvalue weighted by Crippen LogP contribution is -2.39. The summed E-state index contributed by atoms with van der Waals surface area (Å²) in [6.07, 6.45) is -0.0903. The predicted octanol–water partition coefficient (Wildman–Crippen LogP) is 0.372. The van der Waals surface area contributed by atoms with Crippen molar-refractivity contribution in [1.29, 1.82) is 0 Å². The van der Waals surface area contributed by atoms with E-state index in [0.717, 1.165) is 4.31 Å². The van der Waals surface area contributed by atoms with Crippen LogP contribution in [0.1, 0.15) is 23.7 Å². The van der Waals surface area contributed by atoms with Gasteiger partial charge in [-0.15, -0.1) is 0 Å². The summed E-state index contributed by atoms with van der Waals surface area (Å²) in [6.45, 7) is 1.95. The molecule has 1 aliphatic rings. The topological polar surface area (TPSA) is 92.8 Å². The zero-order valence-corrected chi connectivity index (χ0v) is 13.2. The molecule has 7 nitrogen and oxygen atoms in total. The minimum atomic E-state index is -3.85. The van der Waals surface area contributed by atoms with E-state index < -0.39 is 15.9 Å². The van der Waals surface area contributed by atoms with Gasteiger partial charge in [-0.25, -0.2) is 12.7 Å². The van der Waals surface area contributed by atoms with E-state index in [0.29, 0.717) is 6.61 Å². The quantitative estimate of drug-likeness (QED) is 0.815. The minimum absolute atomic E-state index is 0.00633. The first kappa shape index (κ1) is 16.4. The highest BCUT2D eigenvalue weighted by Gasteiger charge is 2.40. The fourth-order valence-electron chi connectivity index (χ4n) is 2.29. The fourth-order valence-corrected chi connectivity index (χ4v) is 3.86. The molecular weight excluding hydrogens is 308 g/mol. The third kappa shape index (κ3) is 3.12. The lowest BCUT2D eigenvalue weighted by Gasteiger charge is -2.16. The van der Waals surface area contributed by atoms with E-state index in [4.69, 9.17) is 4.74 Å². The second-order valence-corrected chi connectivity index (χ2v) is 6.88. The van der Waals surface area contributed by atoms with Crippen LogP contribution in [0.15, 0.2) is 29.2 Å². The van der Waals surface area contributed by atoms with Gasteiger partial charge in [-0.1, -0.05) is 12.1 Å². The average Bonchev–Trinajstić information content (AvgIpc) is 2.65. The van der Waals surface area contributed by atoms with Gasteiger partial charge in [0.1, 0.15) is 4.90 Å². The van der Waals surface area contributed by atoms with Crippen molar-refractivity contribution in [2.75, 3.05) is 20.3 Å². The van der Waals surface area contributed by atoms with Gasteiger partial charge >= 0.3 is 0 Å². The van der Waals surface area contributed by atoms with Gasteiger partial charge in [0.25, 0.3) is 15.9 Å². The maximum Gasteiger partial charge on any atom is 0.269 e. The number of carbonyl (C=O) groups excluding carboxylic acids is 2. The zero-order valence-electron chi connectivity index (χ0n) is 12.4. The summed E-state index contributed by atoms with van der Waals surface area (Å²) >= 11 is 0. The lowest BCUT2D eigenvalue weighted by molar-refractivity contribution is -0.122. The summed E-state index contributed by atoms with van der Waals surface area (Å²) in [6, 6.07) is 5.85. The Morgan fingerprint density at radius 2 is 2.05 bits per heavy atom. The first-order valence-electron chi connectivity index (χ1n) is 6.82. The average molecular weight is 326 g/mol. The van der Waals surface area contributed by atoms with E-state index in [1.807, 2.05) is 0 Å². The van der Waals surface area contributed by atoms with Crippen LogP contribution >= 0.6 is 0 Å². The van der Waals surface area contributed by atoms with Crippen LogP contribution in [0.3, 0.4) is 0 Å². The highest BCUT2D eigenvalue weighted by atomic mass is 32.2. The summed E-state index contributed by atoms with van der Waals surface area (Å²) in [4.78, 5) is 23.9. The van der Waals surface area contributed by atoms with Gasteiger partial charge < -0.3 is 10.1 Å². The first-order valence-corrected chi connectivity index (χ1v) is 8.26. The van der Waals surface area contributed by atoms with Gasteiger partial charge in [0.15, 0.2) is 0 Å². The van der Waals surface area contributed by atoms with Crippen molar-refractivity contribution in [2.45, 2.75) is 24.3 Å². The molecule has 0 saturated carbocycles. The van der Waals surface area contributed by atoms with E-state index in [1.165, 1.54) is 19.2 Å². The smallest absolute Gasteiger partial charge is 0.269 e. The molecule has 0 spiro atoms. The summed E-state index contributed by atoms with van der Waals surface area (Å²) in [7, 11) is -2.33. The van der Waals surface area contributed by atoms with E-state index >= 15 is 0 Å². The van der Waals surface area contributed by atoms with Crippen molar-refractivity contribution in [1.82, 2.24) is 9.62 Å². The van der Waals surface area contributed by atoms with Crippen LogP contribution in [-0.2, 0) is 19.6 Å². The highest BCUT2D eigenvalue weighted by Crippen LogP contribution is 2.29. The number of methoxy groups -OCH3 is 1. The van der Waals surface area contributed by atoms with Crippen LogP contribution in [0.25, 0.3) is 0 Å². The molecule has 1 N–H and O–H groups in total. The number of hydrogen-bond donors (Lipinski definition) is 1. The molecule has 2 amide bonds. The van der Waals surface area contributed by atoms with Gasteiger partial charge in [0.05, 0.1) is 12.2 Å². The van der Waals surface area contributed by atoms with Gasteiger partial charge in [0, 0.05) is 26.1 Å². The maximum atomic E-state index is 12.3. The summed E-state index contributed by atoms with van der Waals surface area (Å²) in [5, 5.41) is 2.67. The molecule has 8 heteroatoms. The molecule has 1 aromatic carbocycles. The molecule has 0 aliphatic carbocycles. The summed E-state index contributed by atoms with van der Waals surface area (Å²) in [5.74, 6) is -0.920. The molecule has 1 heterocycles. The van der Waals surface area contributed by atoms with Gasteiger partial charge in [0.2, 0.25) is 5.91 Å². The van der Waals surface area contributed by atoms with Crippen LogP contribution in [0.2, 0.25) is 0 Å². The molecule has 22 heavy (non-hydrogen) atoms. The SMILES string of the molecule is COC[C@H](C)NC(=O)CCN1C(=O)c2ccccc2S1(=O)=O. The predicted molar refractivity (Wildman–Crippen MR) is 78.8 cm³/mol. The molecular formula is C14H18N2O5S. The molecule has 0 aromatic heterocycles. The number of carbonyl (C=O) groups is 2. The number of rotatable bonds is 6. The number of hydrogen-bond acceptors (Lipinski definition) is 5. The highest BCUT2D eigenvalue weighted by molar-refractivity contribution is 7.90. The normalized spacial score (nSPS) is 17.2. The van der Waals surface area contributed by atoms with Gasteiger partial charge in [-0.3, -0.25) is 9.59 Å². The lowest BCUT2D eigenvalue weighted by atomic mass is 10.2. The largest absolute Gasteiger partial charge is 0.383 e. The first-order chi connectivity index (χ1) is 10.4. The van der Waals surface area contributed by atoms with Crippen LogP contribution < -0.4 is 5.32 Å². The number of sulfonamides is 1. The Bertz CT molecular complexity index is 686. The molecule has 2 rings (SSSR count). The Kier molecular flexibility index (Phi) is 4.82. The Morgan fingerprint density at radius 3 is 2.68 bits per heavy atom. The molecule has 1 atom stereocenters. The molecule has 120 valence electrons. The second-order valence-electron chi connectivity index (χ2n) is 5.05. The van der Waals surface area contributed by atoms with Crippen LogP contribution in [0, 0.1) is 0 Å². The van der Waals surface area contributed by atoms with Gasteiger partial charge in [-0.05, 0) is 19.1 Å². The van der Waals surface area contributed by atoms with Gasteiger partial charge in [-0.2, -0.15) is 0 Å². The van der Waals surface area contributed by atoms with Crippen molar-refractivity contribution in [3.8, 4) is 0 Å². The molecule has 1 aliphatic heterocycles. The number of amides is 2. The second kappa shape index (κ2) is 6.45.